The Morgan fingerprint density at radius 1 is 1.31 bits per heavy atom. The first-order valence-corrected chi connectivity index (χ1v) is 8.44. The second-order valence-corrected chi connectivity index (χ2v) is 5.95. The molecule has 0 saturated carbocycles. The Labute approximate surface area is 155 Å². The summed E-state index contributed by atoms with van der Waals surface area (Å²) in [6.07, 6.45) is 3.22. The van der Waals surface area contributed by atoms with Crippen LogP contribution >= 0.6 is 11.6 Å². The van der Waals surface area contributed by atoms with E-state index in [1.54, 1.807) is 41.3 Å². The topological polar surface area (TPSA) is 56.1 Å². The molecule has 0 unspecified atom stereocenters. The van der Waals surface area contributed by atoms with Crippen molar-refractivity contribution < 1.29 is 13.9 Å². The molecule has 0 atom stereocenters. The number of benzene rings is 2. The molecule has 0 saturated heterocycles. The third kappa shape index (κ3) is 4.21. The van der Waals surface area contributed by atoms with Crippen LogP contribution < -0.4 is 10.1 Å². The lowest BCUT2D eigenvalue weighted by Gasteiger charge is -2.09. The largest absolute Gasteiger partial charge is 0.493 e. The second kappa shape index (κ2) is 8.01. The molecular formula is C19H17ClFN3O2. The number of nitrogens with zero attached hydrogens (tertiary/aromatic N) is 2. The third-order valence-corrected chi connectivity index (χ3v) is 4.02. The molecule has 2 aromatic carbocycles. The molecule has 0 aliphatic heterocycles. The first kappa shape index (κ1) is 17.9. The van der Waals surface area contributed by atoms with Gasteiger partial charge in [0.1, 0.15) is 11.6 Å². The van der Waals surface area contributed by atoms with Crippen molar-refractivity contribution >= 4 is 23.2 Å². The number of para-hydroxylation sites is 1. The van der Waals surface area contributed by atoms with Crippen LogP contribution in [0.5, 0.6) is 5.75 Å². The van der Waals surface area contributed by atoms with Crippen molar-refractivity contribution in [2.75, 3.05) is 11.9 Å². The molecule has 1 aromatic heterocycles. The van der Waals surface area contributed by atoms with E-state index in [-0.39, 0.29) is 11.7 Å². The zero-order valence-corrected chi connectivity index (χ0v) is 14.8. The van der Waals surface area contributed by atoms with Gasteiger partial charge in [0.2, 0.25) is 0 Å². The summed E-state index contributed by atoms with van der Waals surface area (Å²) in [7, 11) is 0. The van der Waals surface area contributed by atoms with Crippen molar-refractivity contribution in [2.24, 2.45) is 0 Å². The smallest absolute Gasteiger partial charge is 0.259 e. The summed E-state index contributed by atoms with van der Waals surface area (Å²) in [6.45, 7) is 2.70. The Balaban J connectivity index is 1.71. The molecule has 0 fully saturated rings. The van der Waals surface area contributed by atoms with Crippen LogP contribution in [0.1, 0.15) is 22.8 Å². The van der Waals surface area contributed by atoms with Gasteiger partial charge in [-0.05, 0) is 36.8 Å². The molecule has 134 valence electrons. The standard InChI is InChI=1S/C19H17ClFN3O2/c1-2-26-18-6-4-3-5-16(18)19(25)23-15-10-22-24(12-15)11-13-7-8-14(21)9-17(13)20/h3-10,12H,2,11H2,1H3,(H,23,25). The van der Waals surface area contributed by atoms with Gasteiger partial charge in [0, 0.05) is 11.2 Å². The van der Waals surface area contributed by atoms with E-state index >= 15 is 0 Å². The summed E-state index contributed by atoms with van der Waals surface area (Å²) in [5, 5.41) is 7.32. The summed E-state index contributed by atoms with van der Waals surface area (Å²) in [5.74, 6) is -0.147. The highest BCUT2D eigenvalue weighted by atomic mass is 35.5. The molecule has 3 aromatic rings. The third-order valence-electron chi connectivity index (χ3n) is 3.67. The zero-order chi connectivity index (χ0) is 18.5. The highest BCUT2D eigenvalue weighted by Crippen LogP contribution is 2.21. The van der Waals surface area contributed by atoms with E-state index in [9.17, 15) is 9.18 Å². The van der Waals surface area contributed by atoms with Gasteiger partial charge >= 0.3 is 0 Å². The van der Waals surface area contributed by atoms with E-state index in [2.05, 4.69) is 10.4 Å². The van der Waals surface area contributed by atoms with Crippen LogP contribution in [-0.4, -0.2) is 22.3 Å². The fourth-order valence-electron chi connectivity index (χ4n) is 2.47. The van der Waals surface area contributed by atoms with Crippen molar-refractivity contribution in [1.29, 1.82) is 0 Å². The molecule has 0 bridgehead atoms. The molecule has 1 amide bonds. The Hall–Kier alpha value is -2.86. The number of halogens is 2. The molecule has 0 spiro atoms. The molecule has 7 heteroatoms. The predicted molar refractivity (Wildman–Crippen MR) is 98.3 cm³/mol. The van der Waals surface area contributed by atoms with Crippen LogP contribution in [0, 0.1) is 5.82 Å². The summed E-state index contributed by atoms with van der Waals surface area (Å²) in [4.78, 5) is 12.5. The summed E-state index contributed by atoms with van der Waals surface area (Å²) in [6, 6.07) is 11.2. The molecule has 26 heavy (non-hydrogen) atoms. The number of amides is 1. The second-order valence-electron chi connectivity index (χ2n) is 5.55. The minimum atomic E-state index is -0.389. The van der Waals surface area contributed by atoms with Crippen LogP contribution in [0.3, 0.4) is 0 Å². The lowest BCUT2D eigenvalue weighted by molar-refractivity contribution is 0.102. The van der Waals surface area contributed by atoms with E-state index in [0.717, 1.165) is 5.56 Å². The predicted octanol–water partition coefficient (Wildman–Crippen LogP) is 4.37. The SMILES string of the molecule is CCOc1ccccc1C(=O)Nc1cnn(Cc2ccc(F)cc2Cl)c1. The fraction of sp³-hybridized carbons (Fsp3) is 0.158. The van der Waals surface area contributed by atoms with Crippen LogP contribution in [0.25, 0.3) is 0 Å². The van der Waals surface area contributed by atoms with Crippen LogP contribution in [-0.2, 0) is 6.54 Å². The highest BCUT2D eigenvalue weighted by molar-refractivity contribution is 6.31. The lowest BCUT2D eigenvalue weighted by atomic mass is 10.2. The maximum absolute atomic E-state index is 13.1. The monoisotopic (exact) mass is 373 g/mol. The first-order chi connectivity index (χ1) is 12.6. The Kier molecular flexibility index (Phi) is 5.53. The van der Waals surface area contributed by atoms with Crippen molar-refractivity contribution in [3.8, 4) is 5.75 Å². The number of carbonyl (C=O) groups is 1. The number of aromatic nitrogens is 2. The van der Waals surface area contributed by atoms with E-state index in [4.69, 9.17) is 16.3 Å². The normalized spacial score (nSPS) is 10.6. The Morgan fingerprint density at radius 3 is 2.88 bits per heavy atom. The maximum atomic E-state index is 13.1. The van der Waals surface area contributed by atoms with Gasteiger partial charge in [-0.2, -0.15) is 5.10 Å². The maximum Gasteiger partial charge on any atom is 0.259 e. The van der Waals surface area contributed by atoms with Gasteiger partial charge in [-0.1, -0.05) is 29.8 Å². The number of nitrogens with one attached hydrogen (secondary N) is 1. The number of hydrogen-bond acceptors (Lipinski definition) is 3. The van der Waals surface area contributed by atoms with Gasteiger partial charge in [0.05, 0.1) is 30.6 Å². The minimum absolute atomic E-state index is 0.284. The molecule has 3 rings (SSSR count). The summed E-state index contributed by atoms with van der Waals surface area (Å²) in [5.41, 5.74) is 1.72. The van der Waals surface area contributed by atoms with Crippen molar-refractivity contribution in [1.82, 2.24) is 9.78 Å². The van der Waals surface area contributed by atoms with E-state index < -0.39 is 0 Å². The van der Waals surface area contributed by atoms with Crippen LogP contribution in [0.15, 0.2) is 54.9 Å². The molecule has 0 aliphatic carbocycles. The molecule has 1 heterocycles. The Morgan fingerprint density at radius 2 is 2.12 bits per heavy atom. The quantitative estimate of drug-likeness (QED) is 0.697. The van der Waals surface area contributed by atoms with Gasteiger partial charge in [-0.15, -0.1) is 0 Å². The van der Waals surface area contributed by atoms with E-state index in [0.29, 0.717) is 35.2 Å². The average Bonchev–Trinajstić information content (AvgIpc) is 3.05. The van der Waals surface area contributed by atoms with Crippen molar-refractivity contribution in [3.63, 3.8) is 0 Å². The number of ether oxygens (including phenoxy) is 1. The number of rotatable bonds is 6. The highest BCUT2D eigenvalue weighted by Gasteiger charge is 2.13. The van der Waals surface area contributed by atoms with Gasteiger partial charge < -0.3 is 10.1 Å². The van der Waals surface area contributed by atoms with Crippen LogP contribution in [0.2, 0.25) is 5.02 Å². The average molecular weight is 374 g/mol. The van der Waals surface area contributed by atoms with Crippen molar-refractivity contribution in [2.45, 2.75) is 13.5 Å². The summed E-state index contributed by atoms with van der Waals surface area (Å²) < 4.78 is 20.2. The molecular weight excluding hydrogens is 357 g/mol. The molecule has 0 radical (unpaired) electrons. The van der Waals surface area contributed by atoms with E-state index in [1.807, 2.05) is 13.0 Å². The van der Waals surface area contributed by atoms with Crippen molar-refractivity contribution in [3.05, 3.63) is 76.8 Å². The molecule has 1 N–H and O–H groups in total. The first-order valence-electron chi connectivity index (χ1n) is 8.06. The number of anilines is 1. The zero-order valence-electron chi connectivity index (χ0n) is 14.1. The number of carbonyl (C=O) groups excluding carboxylic acids is 1. The van der Waals surface area contributed by atoms with E-state index in [1.165, 1.54) is 12.1 Å². The van der Waals surface area contributed by atoms with Gasteiger partial charge in [-0.3, -0.25) is 9.48 Å². The molecule has 0 aliphatic rings. The molecule has 5 nitrogen and oxygen atoms in total. The summed E-state index contributed by atoms with van der Waals surface area (Å²) >= 11 is 6.03. The van der Waals surface area contributed by atoms with Gasteiger partial charge in [0.15, 0.2) is 0 Å². The number of hydrogen-bond donors (Lipinski definition) is 1. The van der Waals surface area contributed by atoms with Gasteiger partial charge in [0.25, 0.3) is 5.91 Å². The fourth-order valence-corrected chi connectivity index (χ4v) is 2.70. The minimum Gasteiger partial charge on any atom is -0.493 e. The lowest BCUT2D eigenvalue weighted by Crippen LogP contribution is -2.13. The van der Waals surface area contributed by atoms with Crippen LogP contribution in [0.4, 0.5) is 10.1 Å². The van der Waals surface area contributed by atoms with Gasteiger partial charge in [-0.25, -0.2) is 4.39 Å². The Bertz CT molecular complexity index is 927.